The number of benzene rings is 1. The summed E-state index contributed by atoms with van der Waals surface area (Å²) in [6, 6.07) is 5.51. The van der Waals surface area contributed by atoms with Gasteiger partial charge in [0.15, 0.2) is 0 Å². The van der Waals surface area contributed by atoms with Crippen molar-refractivity contribution in [1.29, 1.82) is 0 Å². The molecule has 1 aliphatic heterocycles. The molecule has 9 heteroatoms. The van der Waals surface area contributed by atoms with Crippen LogP contribution in [0.4, 0.5) is 19.3 Å². The minimum Gasteiger partial charge on any atom is -0.481 e. The summed E-state index contributed by atoms with van der Waals surface area (Å²) in [5.74, 6) is -1.45. The molecule has 0 saturated heterocycles. The molecule has 2 aromatic rings. The first-order valence-corrected chi connectivity index (χ1v) is 9.22. The molecule has 1 aromatic carbocycles. The summed E-state index contributed by atoms with van der Waals surface area (Å²) in [5.41, 5.74) is 0.794. The van der Waals surface area contributed by atoms with E-state index in [0.717, 1.165) is 12.1 Å². The minimum atomic E-state index is -0.739. The van der Waals surface area contributed by atoms with E-state index < -0.39 is 35.2 Å². The number of hydrogen-bond donors (Lipinski definition) is 2. The number of rotatable bonds is 5. The molecule has 1 aliphatic carbocycles. The van der Waals surface area contributed by atoms with Crippen LogP contribution in [-0.2, 0) is 10.3 Å². The number of pyridine rings is 1. The minimum absolute atomic E-state index is 0.167. The van der Waals surface area contributed by atoms with Crippen LogP contribution in [0.2, 0.25) is 0 Å². The molecule has 1 spiro atoms. The first-order chi connectivity index (χ1) is 13.8. The number of ether oxygens (including phenoxy) is 1. The SMILES string of the molecule is COc1ccc2c(n1)C1(CC1)N(CC(=O)N[C@@H](C)c1ccc(F)cc1F)C(=O)N2. The first kappa shape index (κ1) is 19.1. The maximum absolute atomic E-state index is 14.0. The summed E-state index contributed by atoms with van der Waals surface area (Å²) >= 11 is 0. The van der Waals surface area contributed by atoms with E-state index in [0.29, 0.717) is 30.1 Å². The Labute approximate surface area is 166 Å². The van der Waals surface area contributed by atoms with E-state index in [-0.39, 0.29) is 12.1 Å². The van der Waals surface area contributed by atoms with Crippen molar-refractivity contribution in [3.8, 4) is 5.88 Å². The molecule has 2 heterocycles. The van der Waals surface area contributed by atoms with Crippen LogP contribution in [0.15, 0.2) is 30.3 Å². The van der Waals surface area contributed by atoms with Crippen molar-refractivity contribution in [3.63, 3.8) is 0 Å². The summed E-state index contributed by atoms with van der Waals surface area (Å²) in [6.45, 7) is 1.39. The molecule has 1 saturated carbocycles. The fraction of sp³-hybridized carbons (Fsp3) is 0.350. The van der Waals surface area contributed by atoms with Gasteiger partial charge in [0.05, 0.1) is 30.1 Å². The Morgan fingerprint density at radius 2 is 2.10 bits per heavy atom. The van der Waals surface area contributed by atoms with Crippen molar-refractivity contribution in [2.24, 2.45) is 0 Å². The number of aromatic nitrogens is 1. The number of carbonyl (C=O) groups is 2. The van der Waals surface area contributed by atoms with E-state index in [9.17, 15) is 18.4 Å². The Morgan fingerprint density at radius 1 is 1.34 bits per heavy atom. The third kappa shape index (κ3) is 3.37. The van der Waals surface area contributed by atoms with Gasteiger partial charge in [-0.1, -0.05) is 6.07 Å². The van der Waals surface area contributed by atoms with Gasteiger partial charge in [0, 0.05) is 17.7 Å². The monoisotopic (exact) mass is 402 g/mol. The number of urea groups is 1. The third-order valence-corrected chi connectivity index (χ3v) is 5.35. The fourth-order valence-corrected chi connectivity index (χ4v) is 3.72. The van der Waals surface area contributed by atoms with E-state index >= 15 is 0 Å². The second-order valence-electron chi connectivity index (χ2n) is 7.25. The average Bonchev–Trinajstić information content (AvgIpc) is 3.46. The standard InChI is InChI=1S/C20H20F2N4O3/c1-11(13-4-3-12(21)9-14(13)22)23-16(27)10-26-19(28)24-15-5-6-17(29-2)25-18(15)20(26)7-8-20/h3-6,9,11H,7-8,10H2,1-2H3,(H,23,27)(H,24,28)/t11-/m0/s1. The van der Waals surface area contributed by atoms with Gasteiger partial charge in [-0.2, -0.15) is 0 Å². The van der Waals surface area contributed by atoms with Crippen molar-refractivity contribution in [1.82, 2.24) is 15.2 Å². The number of methoxy groups -OCH3 is 1. The Hall–Kier alpha value is -3.23. The van der Waals surface area contributed by atoms with Gasteiger partial charge in [0.1, 0.15) is 18.2 Å². The number of hydrogen-bond acceptors (Lipinski definition) is 4. The lowest BCUT2D eigenvalue weighted by atomic mass is 10.0. The lowest BCUT2D eigenvalue weighted by molar-refractivity contribution is -0.123. The molecule has 0 unspecified atom stereocenters. The maximum Gasteiger partial charge on any atom is 0.323 e. The summed E-state index contributed by atoms with van der Waals surface area (Å²) in [4.78, 5) is 31.1. The van der Waals surface area contributed by atoms with Crippen molar-refractivity contribution < 1.29 is 23.1 Å². The molecule has 1 atom stereocenters. The summed E-state index contributed by atoms with van der Waals surface area (Å²) < 4.78 is 32.2. The van der Waals surface area contributed by atoms with Gasteiger partial charge < -0.3 is 20.3 Å². The highest BCUT2D eigenvalue weighted by Gasteiger charge is 2.57. The normalized spacial score (nSPS) is 17.4. The molecular formula is C20H20F2N4O3. The van der Waals surface area contributed by atoms with Crippen LogP contribution >= 0.6 is 0 Å². The number of carbonyl (C=O) groups excluding carboxylic acids is 2. The number of fused-ring (bicyclic) bond motifs is 2. The lowest BCUT2D eigenvalue weighted by Gasteiger charge is -2.37. The molecule has 0 bridgehead atoms. The summed E-state index contributed by atoms with van der Waals surface area (Å²) in [6.07, 6.45) is 1.37. The Bertz CT molecular complexity index is 994. The topological polar surface area (TPSA) is 83.6 Å². The van der Waals surface area contributed by atoms with Gasteiger partial charge in [0.25, 0.3) is 0 Å². The highest BCUT2D eigenvalue weighted by atomic mass is 19.1. The molecule has 152 valence electrons. The predicted octanol–water partition coefficient (Wildman–Crippen LogP) is 3.08. The molecule has 4 rings (SSSR count). The second kappa shape index (κ2) is 6.98. The van der Waals surface area contributed by atoms with Gasteiger partial charge in [-0.25, -0.2) is 18.6 Å². The molecule has 2 N–H and O–H groups in total. The number of halogens is 2. The molecule has 1 aromatic heterocycles. The van der Waals surface area contributed by atoms with Crippen molar-refractivity contribution in [2.75, 3.05) is 19.0 Å². The molecule has 3 amide bonds. The summed E-state index contributed by atoms with van der Waals surface area (Å²) in [5, 5.41) is 5.42. The van der Waals surface area contributed by atoms with Gasteiger partial charge in [-0.15, -0.1) is 0 Å². The maximum atomic E-state index is 14.0. The third-order valence-electron chi connectivity index (χ3n) is 5.35. The van der Waals surface area contributed by atoms with Crippen LogP contribution in [0.25, 0.3) is 0 Å². The zero-order chi connectivity index (χ0) is 20.8. The molecule has 1 fully saturated rings. The lowest BCUT2D eigenvalue weighted by Crippen LogP contribution is -2.52. The average molecular weight is 402 g/mol. The van der Waals surface area contributed by atoms with Gasteiger partial charge in [-0.05, 0) is 31.9 Å². The van der Waals surface area contributed by atoms with Crippen LogP contribution in [0.3, 0.4) is 0 Å². The number of anilines is 1. The van der Waals surface area contributed by atoms with Gasteiger partial charge in [0.2, 0.25) is 11.8 Å². The smallest absolute Gasteiger partial charge is 0.323 e. The highest BCUT2D eigenvalue weighted by Crippen LogP contribution is 2.54. The van der Waals surface area contributed by atoms with Crippen molar-refractivity contribution in [2.45, 2.75) is 31.3 Å². The van der Waals surface area contributed by atoms with E-state index in [1.807, 2.05) is 0 Å². The fourth-order valence-electron chi connectivity index (χ4n) is 3.72. The quantitative estimate of drug-likeness (QED) is 0.805. The first-order valence-electron chi connectivity index (χ1n) is 9.22. The molecule has 2 aliphatic rings. The zero-order valence-electron chi connectivity index (χ0n) is 16.0. The van der Waals surface area contributed by atoms with Crippen molar-refractivity contribution in [3.05, 3.63) is 53.2 Å². The molecule has 7 nitrogen and oxygen atoms in total. The highest BCUT2D eigenvalue weighted by molar-refractivity contribution is 5.96. The molecular weight excluding hydrogens is 382 g/mol. The van der Waals surface area contributed by atoms with Crippen LogP contribution in [0.5, 0.6) is 5.88 Å². The van der Waals surface area contributed by atoms with Crippen LogP contribution in [0.1, 0.15) is 37.1 Å². The zero-order valence-corrected chi connectivity index (χ0v) is 16.0. The Balaban J connectivity index is 1.51. The van der Waals surface area contributed by atoms with Gasteiger partial charge >= 0.3 is 6.03 Å². The van der Waals surface area contributed by atoms with Crippen molar-refractivity contribution >= 4 is 17.6 Å². The van der Waals surface area contributed by atoms with Gasteiger partial charge in [-0.3, -0.25) is 4.79 Å². The Kier molecular flexibility index (Phi) is 4.60. The summed E-state index contributed by atoms with van der Waals surface area (Å²) in [7, 11) is 1.51. The molecule has 29 heavy (non-hydrogen) atoms. The molecule has 0 radical (unpaired) electrons. The van der Waals surface area contributed by atoms with Crippen LogP contribution < -0.4 is 15.4 Å². The van der Waals surface area contributed by atoms with E-state index in [1.54, 1.807) is 19.1 Å². The van der Waals surface area contributed by atoms with E-state index in [4.69, 9.17) is 4.74 Å². The van der Waals surface area contributed by atoms with E-state index in [2.05, 4.69) is 15.6 Å². The largest absolute Gasteiger partial charge is 0.481 e. The van der Waals surface area contributed by atoms with Crippen LogP contribution in [0, 0.1) is 11.6 Å². The number of amides is 3. The predicted molar refractivity (Wildman–Crippen MR) is 100 cm³/mol. The Morgan fingerprint density at radius 3 is 2.76 bits per heavy atom. The number of nitrogens with zero attached hydrogens (tertiary/aromatic N) is 2. The van der Waals surface area contributed by atoms with E-state index in [1.165, 1.54) is 18.1 Å². The number of nitrogens with one attached hydrogen (secondary N) is 2. The second-order valence-corrected chi connectivity index (χ2v) is 7.25. The van der Waals surface area contributed by atoms with Crippen LogP contribution in [-0.4, -0.2) is 35.5 Å².